The third-order valence-electron chi connectivity index (χ3n) is 6.04. The minimum Gasteiger partial charge on any atom is -0.349 e. The highest BCUT2D eigenvalue weighted by Gasteiger charge is 2.34. The molecule has 0 spiro atoms. The van der Waals surface area contributed by atoms with E-state index in [0.717, 1.165) is 28.7 Å². The second-order valence-electron chi connectivity index (χ2n) is 8.87. The van der Waals surface area contributed by atoms with Crippen molar-refractivity contribution in [2.24, 2.45) is 0 Å². The zero-order valence-electron chi connectivity index (χ0n) is 20.2. The van der Waals surface area contributed by atoms with Crippen LogP contribution in [0.1, 0.15) is 51.5 Å². The molecule has 1 aromatic carbocycles. The number of hydrogen-bond acceptors (Lipinski definition) is 6. The molecule has 0 aliphatic heterocycles. The summed E-state index contributed by atoms with van der Waals surface area (Å²) in [6, 6.07) is 7.18. The number of amides is 2. The molecule has 0 atom stereocenters. The first kappa shape index (κ1) is 27.9. The molecule has 3 aromatic heterocycles. The van der Waals surface area contributed by atoms with E-state index in [2.05, 4.69) is 30.9 Å². The van der Waals surface area contributed by atoms with E-state index in [1.54, 1.807) is 6.07 Å². The molecule has 40 heavy (non-hydrogen) atoms. The number of pyridine rings is 1. The molecule has 0 radical (unpaired) electrons. The van der Waals surface area contributed by atoms with Crippen molar-refractivity contribution in [2.45, 2.75) is 38.0 Å². The summed E-state index contributed by atoms with van der Waals surface area (Å²) in [6.07, 6.45) is 0.00442. The first-order valence-corrected chi connectivity index (χ1v) is 12.9. The third-order valence-corrected chi connectivity index (χ3v) is 6.85. The van der Waals surface area contributed by atoms with Gasteiger partial charge in [-0.15, -0.1) is 5.10 Å². The SMILES string of the molecule is O=C(NC1CCC1)c1cc(Cl)cc(Cl)c1NC(=O)c1cc(Cn2ncc(C(F)(F)F)n2)nn1-c1ncccc1Cl. The summed E-state index contributed by atoms with van der Waals surface area (Å²) < 4.78 is 40.0. The summed E-state index contributed by atoms with van der Waals surface area (Å²) in [6.45, 7) is -0.301. The Balaban J connectivity index is 1.50. The number of alkyl halides is 3. The van der Waals surface area contributed by atoms with Crippen LogP contribution in [0.15, 0.2) is 42.7 Å². The molecule has 1 aliphatic rings. The smallest absolute Gasteiger partial charge is 0.349 e. The number of anilines is 1. The van der Waals surface area contributed by atoms with E-state index in [9.17, 15) is 22.8 Å². The van der Waals surface area contributed by atoms with E-state index in [1.165, 1.54) is 30.5 Å². The van der Waals surface area contributed by atoms with Gasteiger partial charge in [-0.05, 0) is 49.6 Å². The zero-order chi connectivity index (χ0) is 28.6. The number of aromatic nitrogens is 6. The van der Waals surface area contributed by atoms with Crippen LogP contribution in [0.25, 0.3) is 5.82 Å². The van der Waals surface area contributed by atoms with Crippen molar-refractivity contribution in [2.75, 3.05) is 5.32 Å². The van der Waals surface area contributed by atoms with E-state index < -0.39 is 23.7 Å². The Bertz CT molecular complexity index is 1600. The standard InChI is InChI=1S/C24H18Cl3F3N8O2/c25-12-7-15(22(39)33-13-3-1-4-13)20(17(27)8-12)34-23(40)18-9-14(11-37-32-10-19(36-37)24(28,29)30)35-38(18)21-16(26)5-2-6-31-21/h2,5-10,13H,1,3-4,11H2,(H,33,39)(H,34,40). The van der Waals surface area contributed by atoms with Crippen LogP contribution in [0, 0.1) is 0 Å². The molecule has 2 N–H and O–H groups in total. The Morgan fingerprint density at radius 1 is 1.05 bits per heavy atom. The van der Waals surface area contributed by atoms with Crippen LogP contribution in [0.4, 0.5) is 18.9 Å². The molecule has 0 saturated heterocycles. The Hall–Kier alpha value is -3.68. The molecule has 1 fully saturated rings. The molecular weight excluding hydrogens is 596 g/mol. The first-order chi connectivity index (χ1) is 19.0. The summed E-state index contributed by atoms with van der Waals surface area (Å²) in [5.41, 5.74) is -1.09. The van der Waals surface area contributed by atoms with E-state index in [-0.39, 0.29) is 56.1 Å². The molecule has 1 saturated carbocycles. The van der Waals surface area contributed by atoms with Crippen molar-refractivity contribution >= 4 is 52.3 Å². The number of nitrogens with one attached hydrogen (secondary N) is 2. The van der Waals surface area contributed by atoms with Crippen molar-refractivity contribution in [3.63, 3.8) is 0 Å². The van der Waals surface area contributed by atoms with Gasteiger partial charge in [-0.25, -0.2) is 9.67 Å². The van der Waals surface area contributed by atoms with E-state index in [1.807, 2.05) is 0 Å². The average molecular weight is 614 g/mol. The van der Waals surface area contributed by atoms with Gasteiger partial charge in [0.15, 0.2) is 11.5 Å². The topological polar surface area (TPSA) is 120 Å². The van der Waals surface area contributed by atoms with E-state index in [0.29, 0.717) is 6.20 Å². The quantitative estimate of drug-likeness (QED) is 0.287. The van der Waals surface area contributed by atoms with Crippen LogP contribution in [0.2, 0.25) is 15.1 Å². The summed E-state index contributed by atoms with van der Waals surface area (Å²) in [4.78, 5) is 31.5. The number of carbonyl (C=O) groups excluding carboxylic acids is 2. The van der Waals surface area contributed by atoms with Gasteiger partial charge in [0.2, 0.25) is 0 Å². The second-order valence-corrected chi connectivity index (χ2v) is 10.1. The fourth-order valence-electron chi connectivity index (χ4n) is 3.89. The lowest BCUT2D eigenvalue weighted by Gasteiger charge is -2.27. The molecule has 0 bridgehead atoms. The minimum atomic E-state index is -4.68. The van der Waals surface area contributed by atoms with Gasteiger partial charge in [-0.2, -0.15) is 28.2 Å². The molecule has 0 unspecified atom stereocenters. The Morgan fingerprint density at radius 2 is 1.82 bits per heavy atom. The fourth-order valence-corrected chi connectivity index (χ4v) is 4.63. The van der Waals surface area contributed by atoms with Crippen molar-refractivity contribution in [3.8, 4) is 5.82 Å². The normalized spacial score (nSPS) is 13.7. The van der Waals surface area contributed by atoms with Gasteiger partial charge < -0.3 is 10.6 Å². The number of nitrogens with zero attached hydrogens (tertiary/aromatic N) is 6. The lowest BCUT2D eigenvalue weighted by molar-refractivity contribution is -0.141. The molecule has 3 heterocycles. The number of benzene rings is 1. The van der Waals surface area contributed by atoms with Crippen molar-refractivity contribution in [3.05, 3.63) is 80.4 Å². The lowest BCUT2D eigenvalue weighted by Crippen LogP contribution is -2.39. The minimum absolute atomic E-state index is 0.0119. The number of carbonyl (C=O) groups is 2. The van der Waals surface area contributed by atoms with Gasteiger partial charge in [0.25, 0.3) is 11.8 Å². The number of rotatable bonds is 7. The Labute approximate surface area is 239 Å². The summed E-state index contributed by atoms with van der Waals surface area (Å²) in [5.74, 6) is -1.14. The summed E-state index contributed by atoms with van der Waals surface area (Å²) >= 11 is 18.8. The van der Waals surface area contributed by atoms with E-state index in [4.69, 9.17) is 34.8 Å². The average Bonchev–Trinajstić information content (AvgIpc) is 3.51. The largest absolute Gasteiger partial charge is 0.436 e. The molecule has 2 amide bonds. The Kier molecular flexibility index (Phi) is 7.71. The van der Waals surface area contributed by atoms with Gasteiger partial charge in [0, 0.05) is 17.3 Å². The molecule has 4 aromatic rings. The second kappa shape index (κ2) is 11.1. The monoisotopic (exact) mass is 612 g/mol. The van der Waals surface area contributed by atoms with Crippen LogP contribution in [-0.4, -0.2) is 47.6 Å². The van der Waals surface area contributed by atoms with E-state index >= 15 is 0 Å². The summed E-state index contributed by atoms with van der Waals surface area (Å²) in [7, 11) is 0. The van der Waals surface area contributed by atoms with Gasteiger partial charge in [-0.1, -0.05) is 34.8 Å². The maximum absolute atomic E-state index is 13.6. The molecule has 10 nitrogen and oxygen atoms in total. The van der Waals surface area contributed by atoms with Crippen molar-refractivity contribution < 1.29 is 22.8 Å². The highest BCUT2D eigenvalue weighted by atomic mass is 35.5. The molecule has 1 aliphatic carbocycles. The zero-order valence-corrected chi connectivity index (χ0v) is 22.5. The molecule has 5 rings (SSSR count). The van der Waals surface area contributed by atoms with Crippen LogP contribution in [0.3, 0.4) is 0 Å². The molecule has 16 heteroatoms. The third kappa shape index (κ3) is 5.91. The predicted octanol–water partition coefficient (Wildman–Crippen LogP) is 5.42. The van der Waals surface area contributed by atoms with Gasteiger partial charge in [0.05, 0.1) is 33.2 Å². The maximum Gasteiger partial charge on any atom is 0.436 e. The van der Waals surface area contributed by atoms with Gasteiger partial charge in [0.1, 0.15) is 12.2 Å². The van der Waals surface area contributed by atoms with Crippen LogP contribution in [0.5, 0.6) is 0 Å². The predicted molar refractivity (Wildman–Crippen MR) is 140 cm³/mol. The van der Waals surface area contributed by atoms with Gasteiger partial charge >= 0.3 is 6.18 Å². The number of hydrogen-bond donors (Lipinski definition) is 2. The lowest BCUT2D eigenvalue weighted by atomic mass is 9.93. The van der Waals surface area contributed by atoms with Crippen LogP contribution in [-0.2, 0) is 12.7 Å². The highest BCUT2D eigenvalue weighted by Crippen LogP contribution is 2.32. The summed E-state index contributed by atoms with van der Waals surface area (Å²) in [5, 5.41) is 17.2. The van der Waals surface area contributed by atoms with Crippen LogP contribution < -0.4 is 10.6 Å². The molecular formula is C24H18Cl3F3N8O2. The van der Waals surface area contributed by atoms with Crippen molar-refractivity contribution in [1.82, 2.24) is 35.1 Å². The Morgan fingerprint density at radius 3 is 2.48 bits per heavy atom. The van der Waals surface area contributed by atoms with Crippen LogP contribution >= 0.6 is 34.8 Å². The highest BCUT2D eigenvalue weighted by molar-refractivity contribution is 6.38. The first-order valence-electron chi connectivity index (χ1n) is 11.8. The van der Waals surface area contributed by atoms with Crippen molar-refractivity contribution in [1.29, 1.82) is 0 Å². The fraction of sp³-hybridized carbons (Fsp3) is 0.250. The number of halogens is 6. The maximum atomic E-state index is 13.6. The van der Waals surface area contributed by atoms with Gasteiger partial charge in [-0.3, -0.25) is 9.59 Å². The molecule has 208 valence electrons.